The van der Waals surface area contributed by atoms with E-state index in [-0.39, 0.29) is 12.0 Å². The molecule has 2 aromatic rings. The predicted molar refractivity (Wildman–Crippen MR) is 107 cm³/mol. The minimum absolute atomic E-state index is 0.0389. The quantitative estimate of drug-likeness (QED) is 0.767. The van der Waals surface area contributed by atoms with Gasteiger partial charge in [-0.2, -0.15) is 0 Å². The molecule has 0 atom stereocenters. The molecule has 0 aliphatic carbocycles. The number of hydrogen-bond donors (Lipinski definition) is 2. The third kappa shape index (κ3) is 5.58. The fraction of sp³-hybridized carbons (Fsp3) is 0.400. The summed E-state index contributed by atoms with van der Waals surface area (Å²) in [6.07, 6.45) is 3.42. The lowest BCUT2D eigenvalue weighted by molar-refractivity contribution is 0.0904. The maximum absolute atomic E-state index is 12.4. The first-order valence-electron chi connectivity index (χ1n) is 9.09. The van der Waals surface area contributed by atoms with E-state index in [1.807, 2.05) is 38.1 Å². The Hall–Kier alpha value is -2.31. The second-order valence-electron chi connectivity index (χ2n) is 6.74. The predicted octanol–water partition coefficient (Wildman–Crippen LogP) is 4.37. The number of nitrogens with one attached hydrogen (secondary N) is 2. The van der Waals surface area contributed by atoms with Crippen molar-refractivity contribution in [3.63, 3.8) is 0 Å². The molecule has 2 N–H and O–H groups in total. The summed E-state index contributed by atoms with van der Waals surface area (Å²) >= 11 is 6.15. The summed E-state index contributed by atoms with van der Waals surface area (Å²) in [5.41, 5.74) is 2.11. The van der Waals surface area contributed by atoms with Gasteiger partial charge >= 0.3 is 0 Å². The van der Waals surface area contributed by atoms with Crippen molar-refractivity contribution in [1.82, 2.24) is 4.98 Å². The number of halogens is 1. The van der Waals surface area contributed by atoms with Crippen LogP contribution in [0.4, 0.5) is 11.4 Å². The zero-order valence-corrected chi connectivity index (χ0v) is 16.3. The van der Waals surface area contributed by atoms with Crippen LogP contribution in [0.1, 0.15) is 37.0 Å². The lowest BCUT2D eigenvalue weighted by atomic mass is 10.1. The molecule has 1 aliphatic heterocycles. The first-order chi connectivity index (χ1) is 13.0. The van der Waals surface area contributed by atoms with E-state index in [1.165, 1.54) is 6.20 Å². The molecule has 1 aromatic carbocycles. The molecule has 27 heavy (non-hydrogen) atoms. The Labute approximate surface area is 164 Å². The van der Waals surface area contributed by atoms with Crippen molar-refractivity contribution >= 4 is 28.9 Å². The van der Waals surface area contributed by atoms with E-state index in [1.54, 1.807) is 6.07 Å². The fourth-order valence-corrected chi connectivity index (χ4v) is 3.00. The maximum Gasteiger partial charge on any atom is 0.257 e. The molecule has 0 radical (unpaired) electrons. The number of carbonyl (C=O) groups is 1. The summed E-state index contributed by atoms with van der Waals surface area (Å²) in [4.78, 5) is 16.5. The first kappa shape index (κ1) is 19.5. The van der Waals surface area contributed by atoms with E-state index in [2.05, 4.69) is 15.6 Å². The molecule has 144 valence electrons. The highest BCUT2D eigenvalue weighted by atomic mass is 35.5. The van der Waals surface area contributed by atoms with Crippen molar-refractivity contribution in [3.05, 3.63) is 47.1 Å². The van der Waals surface area contributed by atoms with Crippen LogP contribution >= 0.6 is 11.6 Å². The highest BCUT2D eigenvalue weighted by molar-refractivity contribution is 6.32. The van der Waals surface area contributed by atoms with Gasteiger partial charge < -0.3 is 20.1 Å². The standard InChI is InChI=1S/C20H24ClN3O3/c1-13(2)27-20-18(21)11-14(12-22-20)19(25)24-16-5-3-15(4-6-16)23-17-7-9-26-10-8-17/h3-6,11-13,17,23H,7-10H2,1-2H3,(H,24,25). The highest BCUT2D eigenvalue weighted by Gasteiger charge is 2.14. The van der Waals surface area contributed by atoms with Crippen LogP contribution in [0.15, 0.2) is 36.5 Å². The topological polar surface area (TPSA) is 72.5 Å². The summed E-state index contributed by atoms with van der Waals surface area (Å²) in [5, 5.41) is 6.65. The minimum atomic E-state index is -0.273. The number of nitrogens with zero attached hydrogens (tertiary/aromatic N) is 1. The molecule has 6 nitrogen and oxygen atoms in total. The van der Waals surface area contributed by atoms with E-state index < -0.39 is 0 Å². The van der Waals surface area contributed by atoms with Gasteiger partial charge in [0, 0.05) is 36.8 Å². The largest absolute Gasteiger partial charge is 0.474 e. The number of ether oxygens (including phenoxy) is 2. The first-order valence-corrected chi connectivity index (χ1v) is 9.47. The van der Waals surface area contributed by atoms with E-state index in [9.17, 15) is 4.79 Å². The molecule has 0 spiro atoms. The van der Waals surface area contributed by atoms with Gasteiger partial charge in [0.1, 0.15) is 5.02 Å². The number of aromatic nitrogens is 1. The second kappa shape index (κ2) is 9.06. The molecule has 1 amide bonds. The van der Waals surface area contributed by atoms with Crippen molar-refractivity contribution in [1.29, 1.82) is 0 Å². The van der Waals surface area contributed by atoms with Crippen molar-refractivity contribution in [2.75, 3.05) is 23.8 Å². The summed E-state index contributed by atoms with van der Waals surface area (Å²) < 4.78 is 10.9. The van der Waals surface area contributed by atoms with Gasteiger partial charge in [-0.3, -0.25) is 4.79 Å². The summed E-state index contributed by atoms with van der Waals surface area (Å²) in [6, 6.07) is 9.63. The monoisotopic (exact) mass is 389 g/mol. The van der Waals surface area contributed by atoms with Gasteiger partial charge in [-0.1, -0.05) is 11.6 Å². The Morgan fingerprint density at radius 3 is 2.52 bits per heavy atom. The van der Waals surface area contributed by atoms with Gasteiger partial charge in [-0.15, -0.1) is 0 Å². The molecule has 1 aromatic heterocycles. The van der Waals surface area contributed by atoms with Crippen LogP contribution in [0.2, 0.25) is 5.02 Å². The van der Waals surface area contributed by atoms with Crippen LogP contribution in [0.5, 0.6) is 5.88 Å². The Morgan fingerprint density at radius 2 is 1.89 bits per heavy atom. The molecular weight excluding hydrogens is 366 g/mol. The number of hydrogen-bond acceptors (Lipinski definition) is 5. The molecule has 0 bridgehead atoms. The third-order valence-corrected chi connectivity index (χ3v) is 4.42. The summed E-state index contributed by atoms with van der Waals surface area (Å²) in [5.74, 6) is 0.0531. The van der Waals surface area contributed by atoms with E-state index in [0.717, 1.165) is 31.7 Å². The molecule has 7 heteroatoms. The molecule has 3 rings (SSSR count). The van der Waals surface area contributed by atoms with Crippen LogP contribution in [0, 0.1) is 0 Å². The number of benzene rings is 1. The third-order valence-electron chi connectivity index (χ3n) is 4.15. The van der Waals surface area contributed by atoms with Gasteiger partial charge in [-0.25, -0.2) is 4.98 Å². The van der Waals surface area contributed by atoms with Gasteiger partial charge in [0.25, 0.3) is 5.91 Å². The normalized spacial score (nSPS) is 14.8. The summed E-state index contributed by atoms with van der Waals surface area (Å²) in [6.45, 7) is 5.37. The van der Waals surface area contributed by atoms with Crippen LogP contribution in [0.25, 0.3) is 0 Å². The Bertz CT molecular complexity index is 775. The molecule has 1 fully saturated rings. The zero-order chi connectivity index (χ0) is 19.2. The SMILES string of the molecule is CC(C)Oc1ncc(C(=O)Nc2ccc(NC3CCOCC3)cc2)cc1Cl. The minimum Gasteiger partial charge on any atom is -0.474 e. The van der Waals surface area contributed by atoms with Crippen molar-refractivity contribution < 1.29 is 14.3 Å². The van der Waals surface area contributed by atoms with E-state index in [4.69, 9.17) is 21.1 Å². The van der Waals surface area contributed by atoms with Crippen LogP contribution in [-0.2, 0) is 4.74 Å². The van der Waals surface area contributed by atoms with E-state index in [0.29, 0.717) is 28.2 Å². The number of carbonyl (C=O) groups excluding carboxylic acids is 1. The van der Waals surface area contributed by atoms with Gasteiger partial charge in [-0.05, 0) is 57.0 Å². The average molecular weight is 390 g/mol. The Kier molecular flexibility index (Phi) is 6.53. The van der Waals surface area contributed by atoms with E-state index >= 15 is 0 Å². The Balaban J connectivity index is 1.59. The maximum atomic E-state index is 12.4. The second-order valence-corrected chi connectivity index (χ2v) is 7.15. The average Bonchev–Trinajstić information content (AvgIpc) is 2.65. The van der Waals surface area contributed by atoms with Crippen LogP contribution in [-0.4, -0.2) is 36.3 Å². The lowest BCUT2D eigenvalue weighted by Crippen LogP contribution is -2.27. The summed E-state index contributed by atoms with van der Waals surface area (Å²) in [7, 11) is 0. The zero-order valence-electron chi connectivity index (χ0n) is 15.5. The van der Waals surface area contributed by atoms with Gasteiger partial charge in [0.2, 0.25) is 5.88 Å². The van der Waals surface area contributed by atoms with Crippen LogP contribution in [0.3, 0.4) is 0 Å². The van der Waals surface area contributed by atoms with Crippen molar-refractivity contribution in [2.24, 2.45) is 0 Å². The number of anilines is 2. The van der Waals surface area contributed by atoms with Crippen LogP contribution < -0.4 is 15.4 Å². The molecular formula is C20H24ClN3O3. The molecule has 0 saturated carbocycles. The van der Waals surface area contributed by atoms with Crippen molar-refractivity contribution in [2.45, 2.75) is 38.8 Å². The fourth-order valence-electron chi connectivity index (χ4n) is 2.79. The Morgan fingerprint density at radius 1 is 1.22 bits per heavy atom. The molecule has 1 aliphatic rings. The lowest BCUT2D eigenvalue weighted by Gasteiger charge is -2.24. The molecule has 2 heterocycles. The molecule has 1 saturated heterocycles. The van der Waals surface area contributed by atoms with Crippen molar-refractivity contribution in [3.8, 4) is 5.88 Å². The molecule has 0 unspecified atom stereocenters. The number of amides is 1. The van der Waals surface area contributed by atoms with Gasteiger partial charge in [0.05, 0.1) is 11.7 Å². The number of rotatable bonds is 6. The van der Waals surface area contributed by atoms with Gasteiger partial charge in [0.15, 0.2) is 0 Å². The highest BCUT2D eigenvalue weighted by Crippen LogP contribution is 2.24. The number of pyridine rings is 1. The smallest absolute Gasteiger partial charge is 0.257 e.